The van der Waals surface area contributed by atoms with E-state index in [0.717, 1.165) is 30.6 Å². The maximum atomic E-state index is 13.5. The highest BCUT2D eigenvalue weighted by atomic mass is 19.1. The Morgan fingerprint density at radius 1 is 1.13 bits per heavy atom. The quantitative estimate of drug-likeness (QED) is 0.717. The Bertz CT molecular complexity index is 1120. The summed E-state index contributed by atoms with van der Waals surface area (Å²) in [7, 11) is 1.93. The minimum absolute atomic E-state index is 0.164. The summed E-state index contributed by atoms with van der Waals surface area (Å²) in [6.45, 7) is 2.48. The van der Waals surface area contributed by atoms with Gasteiger partial charge in [-0.2, -0.15) is 0 Å². The molecule has 0 radical (unpaired) electrons. The van der Waals surface area contributed by atoms with Crippen LogP contribution in [-0.4, -0.2) is 28.7 Å². The van der Waals surface area contributed by atoms with Gasteiger partial charge in [0.2, 0.25) is 6.79 Å². The minimum Gasteiger partial charge on any atom is -0.454 e. The second-order valence-electron chi connectivity index (χ2n) is 7.67. The fourth-order valence-electron chi connectivity index (χ4n) is 4.17. The van der Waals surface area contributed by atoms with E-state index in [1.807, 2.05) is 23.7 Å². The molecule has 30 heavy (non-hydrogen) atoms. The zero-order valence-electron chi connectivity index (χ0n) is 16.7. The van der Waals surface area contributed by atoms with Crippen LogP contribution in [0.5, 0.6) is 11.5 Å². The highest BCUT2D eigenvalue weighted by Gasteiger charge is 2.24. The van der Waals surface area contributed by atoms with E-state index in [2.05, 4.69) is 10.2 Å². The predicted molar refractivity (Wildman–Crippen MR) is 110 cm³/mol. The highest BCUT2D eigenvalue weighted by Crippen LogP contribution is 2.34. The van der Waals surface area contributed by atoms with Crippen LogP contribution in [0.2, 0.25) is 0 Å². The van der Waals surface area contributed by atoms with Crippen molar-refractivity contribution in [2.75, 3.05) is 18.7 Å². The van der Waals surface area contributed by atoms with E-state index < -0.39 is 0 Å². The van der Waals surface area contributed by atoms with Crippen molar-refractivity contribution < 1.29 is 18.7 Å². The van der Waals surface area contributed by atoms with E-state index in [1.54, 1.807) is 30.3 Å². The van der Waals surface area contributed by atoms with Crippen molar-refractivity contribution in [1.29, 1.82) is 0 Å². The Balaban J connectivity index is 1.31. The van der Waals surface area contributed by atoms with Crippen molar-refractivity contribution in [3.63, 3.8) is 0 Å². The molecule has 0 atom stereocenters. The summed E-state index contributed by atoms with van der Waals surface area (Å²) in [4.78, 5) is 15.2. The standard InChI is InChI=1S/C23H22FN3O3/c1-26-19-7-8-27(12-15-3-2-4-17(24)9-15)13-16(19)10-20(26)23(28)25-18-5-6-21-22(11-18)30-14-29-21/h2-6,9-11H,7-8,12-14H2,1H3,(H,25,28). The predicted octanol–water partition coefficient (Wildman–Crippen LogP) is 3.70. The third-order valence-electron chi connectivity index (χ3n) is 5.66. The lowest BCUT2D eigenvalue weighted by molar-refractivity contribution is 0.101. The van der Waals surface area contributed by atoms with E-state index >= 15 is 0 Å². The Hall–Kier alpha value is -3.32. The van der Waals surface area contributed by atoms with Crippen molar-refractivity contribution in [2.24, 2.45) is 7.05 Å². The first-order valence-electron chi connectivity index (χ1n) is 9.92. The topological polar surface area (TPSA) is 55.7 Å². The maximum absolute atomic E-state index is 13.5. The maximum Gasteiger partial charge on any atom is 0.272 e. The molecule has 5 rings (SSSR count). The summed E-state index contributed by atoms with van der Waals surface area (Å²) in [6, 6.07) is 14.0. The molecule has 0 spiro atoms. The fraction of sp³-hybridized carbons (Fsp3) is 0.261. The van der Waals surface area contributed by atoms with Gasteiger partial charge < -0.3 is 19.4 Å². The summed E-state index contributed by atoms with van der Waals surface area (Å²) in [5, 5.41) is 2.94. The summed E-state index contributed by atoms with van der Waals surface area (Å²) >= 11 is 0. The van der Waals surface area contributed by atoms with Gasteiger partial charge in [0.15, 0.2) is 11.5 Å². The van der Waals surface area contributed by atoms with Crippen LogP contribution in [0.25, 0.3) is 0 Å². The molecule has 6 nitrogen and oxygen atoms in total. The molecule has 3 heterocycles. The van der Waals surface area contributed by atoms with E-state index in [-0.39, 0.29) is 18.5 Å². The first kappa shape index (κ1) is 18.7. The number of ether oxygens (including phenoxy) is 2. The molecular formula is C23H22FN3O3. The largest absolute Gasteiger partial charge is 0.454 e. The second kappa shape index (κ2) is 7.50. The normalized spacial score (nSPS) is 15.1. The number of rotatable bonds is 4. The molecule has 2 aliphatic rings. The van der Waals surface area contributed by atoms with Crippen LogP contribution in [0.3, 0.4) is 0 Å². The average molecular weight is 407 g/mol. The van der Waals surface area contributed by atoms with Gasteiger partial charge in [-0.3, -0.25) is 9.69 Å². The van der Waals surface area contributed by atoms with Crippen molar-refractivity contribution in [2.45, 2.75) is 19.5 Å². The van der Waals surface area contributed by atoms with Crippen LogP contribution in [0.15, 0.2) is 48.5 Å². The van der Waals surface area contributed by atoms with Crippen LogP contribution in [0.1, 0.15) is 27.3 Å². The lowest BCUT2D eigenvalue weighted by Crippen LogP contribution is -2.30. The SMILES string of the molecule is Cn1c(C(=O)Nc2ccc3c(c2)OCO3)cc2c1CCN(Cc1cccc(F)c1)C2. The Morgan fingerprint density at radius 2 is 2.00 bits per heavy atom. The molecule has 2 aromatic carbocycles. The van der Waals surface area contributed by atoms with Crippen LogP contribution in [0.4, 0.5) is 10.1 Å². The van der Waals surface area contributed by atoms with Gasteiger partial charge in [-0.05, 0) is 41.5 Å². The molecule has 0 bridgehead atoms. The first-order chi connectivity index (χ1) is 14.6. The molecule has 0 aliphatic carbocycles. The Kier molecular flexibility index (Phi) is 4.67. The van der Waals surface area contributed by atoms with Gasteiger partial charge in [0, 0.05) is 50.6 Å². The number of nitrogens with one attached hydrogen (secondary N) is 1. The molecule has 0 fully saturated rings. The lowest BCUT2D eigenvalue weighted by atomic mass is 10.1. The van der Waals surface area contributed by atoms with Crippen molar-refractivity contribution in [3.05, 3.63) is 76.9 Å². The van der Waals surface area contributed by atoms with Gasteiger partial charge in [-0.15, -0.1) is 0 Å². The van der Waals surface area contributed by atoms with Gasteiger partial charge >= 0.3 is 0 Å². The number of fused-ring (bicyclic) bond motifs is 2. The number of hydrogen-bond donors (Lipinski definition) is 1. The molecule has 0 unspecified atom stereocenters. The zero-order valence-corrected chi connectivity index (χ0v) is 16.7. The van der Waals surface area contributed by atoms with Gasteiger partial charge in [0.05, 0.1) is 0 Å². The Morgan fingerprint density at radius 3 is 2.87 bits per heavy atom. The van der Waals surface area contributed by atoms with Crippen LogP contribution in [0, 0.1) is 5.82 Å². The minimum atomic E-state index is -0.215. The van der Waals surface area contributed by atoms with Gasteiger partial charge in [-0.1, -0.05) is 12.1 Å². The monoisotopic (exact) mass is 407 g/mol. The third kappa shape index (κ3) is 3.52. The Labute approximate surface area is 173 Å². The van der Waals surface area contributed by atoms with E-state index in [4.69, 9.17) is 9.47 Å². The molecule has 1 aromatic heterocycles. The zero-order chi connectivity index (χ0) is 20.7. The average Bonchev–Trinajstić information content (AvgIpc) is 3.32. The smallest absolute Gasteiger partial charge is 0.272 e. The highest BCUT2D eigenvalue weighted by molar-refractivity contribution is 6.03. The van der Waals surface area contributed by atoms with E-state index in [1.165, 1.54) is 11.8 Å². The van der Waals surface area contributed by atoms with Crippen LogP contribution >= 0.6 is 0 Å². The number of benzene rings is 2. The number of carbonyl (C=O) groups is 1. The molecular weight excluding hydrogens is 385 g/mol. The summed E-state index contributed by atoms with van der Waals surface area (Å²) in [5.41, 5.74) is 4.54. The summed E-state index contributed by atoms with van der Waals surface area (Å²) in [6.07, 6.45) is 0.846. The molecule has 0 saturated carbocycles. The molecule has 0 saturated heterocycles. The van der Waals surface area contributed by atoms with Gasteiger partial charge in [0.1, 0.15) is 11.5 Å². The van der Waals surface area contributed by atoms with Crippen molar-refractivity contribution in [1.82, 2.24) is 9.47 Å². The summed E-state index contributed by atoms with van der Waals surface area (Å²) < 4.78 is 26.1. The molecule has 1 amide bonds. The number of amides is 1. The first-order valence-corrected chi connectivity index (χ1v) is 9.92. The molecule has 2 aliphatic heterocycles. The summed E-state index contributed by atoms with van der Waals surface area (Å²) in [5.74, 6) is 0.933. The lowest BCUT2D eigenvalue weighted by Gasteiger charge is -2.27. The molecule has 3 aromatic rings. The number of anilines is 1. The van der Waals surface area contributed by atoms with Crippen molar-refractivity contribution in [3.8, 4) is 11.5 Å². The number of carbonyl (C=O) groups excluding carboxylic acids is 1. The molecule has 7 heteroatoms. The number of hydrogen-bond acceptors (Lipinski definition) is 4. The second-order valence-corrected chi connectivity index (χ2v) is 7.67. The van der Waals surface area contributed by atoms with Gasteiger partial charge in [0.25, 0.3) is 5.91 Å². The number of halogens is 1. The van der Waals surface area contributed by atoms with Gasteiger partial charge in [-0.25, -0.2) is 4.39 Å². The molecule has 154 valence electrons. The number of aromatic nitrogens is 1. The van der Waals surface area contributed by atoms with Crippen LogP contribution < -0.4 is 14.8 Å². The van der Waals surface area contributed by atoms with E-state index in [9.17, 15) is 9.18 Å². The van der Waals surface area contributed by atoms with Crippen LogP contribution in [-0.2, 0) is 26.6 Å². The van der Waals surface area contributed by atoms with E-state index in [0.29, 0.717) is 29.4 Å². The third-order valence-corrected chi connectivity index (χ3v) is 5.66. The van der Waals surface area contributed by atoms with Crippen molar-refractivity contribution >= 4 is 11.6 Å². The number of nitrogens with zero attached hydrogens (tertiary/aromatic N) is 2. The fourth-order valence-corrected chi connectivity index (χ4v) is 4.17. The molecule has 1 N–H and O–H groups in total.